The van der Waals surface area contributed by atoms with E-state index in [-0.39, 0.29) is 12.5 Å². The summed E-state index contributed by atoms with van der Waals surface area (Å²) < 4.78 is 48.8. The fraction of sp³-hybridized carbons (Fsp3) is 0.360. The first-order valence-corrected chi connectivity index (χ1v) is 12.4. The Bertz CT molecular complexity index is 1160. The molecule has 0 aliphatic rings. The molecular weight excluding hydrogens is 483 g/mol. The number of carbonyl (C=O) groups excluding carboxylic acids is 1. The van der Waals surface area contributed by atoms with Crippen LogP contribution in [0.25, 0.3) is 10.6 Å². The van der Waals surface area contributed by atoms with E-state index in [1.807, 2.05) is 19.9 Å². The van der Waals surface area contributed by atoms with E-state index in [0.717, 1.165) is 38.7 Å². The van der Waals surface area contributed by atoms with Crippen molar-refractivity contribution in [1.82, 2.24) is 4.98 Å². The normalized spacial score (nSPS) is 11.7. The monoisotopic (exact) mass is 509 g/mol. The molecular formula is C25H26F3NO3S2. The molecule has 0 atom stereocenters. The molecule has 0 bridgehead atoms. The van der Waals surface area contributed by atoms with Gasteiger partial charge in [0, 0.05) is 21.1 Å². The lowest BCUT2D eigenvalue weighted by atomic mass is 10.0. The summed E-state index contributed by atoms with van der Waals surface area (Å²) in [6.45, 7) is 7.90. The van der Waals surface area contributed by atoms with Crippen molar-refractivity contribution in [2.75, 3.05) is 13.7 Å². The van der Waals surface area contributed by atoms with Gasteiger partial charge in [-0.3, -0.25) is 0 Å². The Morgan fingerprint density at radius 1 is 1.15 bits per heavy atom. The number of benzene rings is 2. The average Bonchev–Trinajstić information content (AvgIpc) is 3.16. The largest absolute Gasteiger partial charge is 0.482 e. The maximum Gasteiger partial charge on any atom is 0.416 e. The number of nitrogens with zero attached hydrogens (tertiary/aromatic N) is 1. The van der Waals surface area contributed by atoms with Gasteiger partial charge in [0.25, 0.3) is 0 Å². The molecule has 1 aromatic heterocycles. The molecule has 9 heteroatoms. The smallest absolute Gasteiger partial charge is 0.416 e. The number of hydrogen-bond donors (Lipinski definition) is 0. The number of carbonyl (C=O) groups is 1. The highest BCUT2D eigenvalue weighted by molar-refractivity contribution is 7.98. The molecule has 1 heterocycles. The Morgan fingerprint density at radius 2 is 1.82 bits per heavy atom. The van der Waals surface area contributed by atoms with Crippen molar-refractivity contribution >= 4 is 29.1 Å². The second-order valence-corrected chi connectivity index (χ2v) is 10.2. The summed E-state index contributed by atoms with van der Waals surface area (Å²) in [5, 5.41) is 0.702. The predicted molar refractivity (Wildman–Crippen MR) is 130 cm³/mol. The second kappa shape index (κ2) is 10.8. The molecule has 34 heavy (non-hydrogen) atoms. The van der Waals surface area contributed by atoms with E-state index in [4.69, 9.17) is 4.74 Å². The van der Waals surface area contributed by atoms with Crippen LogP contribution in [0, 0.1) is 13.8 Å². The van der Waals surface area contributed by atoms with Crippen LogP contribution in [0.15, 0.2) is 41.3 Å². The van der Waals surface area contributed by atoms with Crippen LogP contribution in [0.1, 0.15) is 47.0 Å². The lowest BCUT2D eigenvalue weighted by Crippen LogP contribution is -2.13. The zero-order valence-electron chi connectivity index (χ0n) is 19.6. The highest BCUT2D eigenvalue weighted by Gasteiger charge is 2.30. The number of esters is 1. The van der Waals surface area contributed by atoms with Crippen molar-refractivity contribution < 1.29 is 27.4 Å². The van der Waals surface area contributed by atoms with Crippen molar-refractivity contribution in [1.29, 1.82) is 0 Å². The van der Waals surface area contributed by atoms with Crippen LogP contribution < -0.4 is 4.74 Å². The molecule has 0 aliphatic carbocycles. The summed E-state index contributed by atoms with van der Waals surface area (Å²) in [5.74, 6) is 1.14. The SMILES string of the molecule is COC(=O)COc1cc(C(C)C)c(SCc2sc(-c3ccc(C(F)(F)F)cc3)nc2C)cc1C. The van der Waals surface area contributed by atoms with Crippen LogP contribution in [0.3, 0.4) is 0 Å². The quantitative estimate of drug-likeness (QED) is 0.234. The summed E-state index contributed by atoms with van der Waals surface area (Å²) in [6, 6.07) is 9.12. The lowest BCUT2D eigenvalue weighted by molar-refractivity contribution is -0.143. The Balaban J connectivity index is 1.78. The number of ether oxygens (including phenoxy) is 2. The molecule has 0 saturated heterocycles. The van der Waals surface area contributed by atoms with Gasteiger partial charge in [-0.2, -0.15) is 13.2 Å². The number of hydrogen-bond acceptors (Lipinski definition) is 6. The number of aromatic nitrogens is 1. The van der Waals surface area contributed by atoms with Gasteiger partial charge in [0.05, 0.1) is 18.4 Å². The molecule has 0 saturated carbocycles. The molecule has 3 aromatic rings. The lowest BCUT2D eigenvalue weighted by Gasteiger charge is -2.17. The van der Waals surface area contributed by atoms with Crippen LogP contribution in [-0.4, -0.2) is 24.7 Å². The Hall–Kier alpha value is -2.52. The van der Waals surface area contributed by atoms with Crippen LogP contribution in [0.2, 0.25) is 0 Å². The number of rotatable bonds is 8. The standard InChI is InChI=1S/C25H26F3NO3S2/c1-14(2)19-11-20(32-12-23(30)31-5)15(3)10-21(19)33-13-22-16(4)29-24(34-22)17-6-8-18(9-7-17)25(26,27)28/h6-11,14H,12-13H2,1-5H3. The Labute approximate surface area is 205 Å². The maximum atomic E-state index is 12.8. The fourth-order valence-electron chi connectivity index (χ4n) is 3.24. The number of thiazole rings is 1. The van der Waals surface area contributed by atoms with Crippen LogP contribution in [-0.2, 0) is 21.5 Å². The van der Waals surface area contributed by atoms with Crippen LogP contribution in [0.4, 0.5) is 13.2 Å². The second-order valence-electron chi connectivity index (χ2n) is 8.07. The van der Waals surface area contributed by atoms with Gasteiger partial charge in [0.15, 0.2) is 6.61 Å². The van der Waals surface area contributed by atoms with Gasteiger partial charge in [-0.1, -0.05) is 26.0 Å². The van der Waals surface area contributed by atoms with E-state index in [1.165, 1.54) is 30.6 Å². The molecule has 0 N–H and O–H groups in total. The van der Waals surface area contributed by atoms with Crippen molar-refractivity contribution in [3.8, 4) is 16.3 Å². The van der Waals surface area contributed by atoms with Crippen molar-refractivity contribution in [3.05, 3.63) is 63.7 Å². The fourth-order valence-corrected chi connectivity index (χ4v) is 5.73. The molecule has 0 amide bonds. The van der Waals surface area contributed by atoms with Gasteiger partial charge < -0.3 is 9.47 Å². The zero-order chi connectivity index (χ0) is 25.0. The maximum absolute atomic E-state index is 12.8. The molecule has 2 aromatic carbocycles. The van der Waals surface area contributed by atoms with E-state index in [2.05, 4.69) is 29.6 Å². The molecule has 3 rings (SSSR count). The topological polar surface area (TPSA) is 48.4 Å². The summed E-state index contributed by atoms with van der Waals surface area (Å²) in [7, 11) is 1.32. The first-order chi connectivity index (χ1) is 16.0. The first kappa shape index (κ1) is 26.1. The number of methoxy groups -OCH3 is 1. The first-order valence-electron chi connectivity index (χ1n) is 10.6. The van der Waals surface area contributed by atoms with Crippen molar-refractivity contribution in [2.45, 2.75) is 50.4 Å². The van der Waals surface area contributed by atoms with Crippen molar-refractivity contribution in [3.63, 3.8) is 0 Å². The zero-order valence-corrected chi connectivity index (χ0v) is 21.2. The molecule has 0 fully saturated rings. The average molecular weight is 510 g/mol. The number of aryl methyl sites for hydroxylation is 2. The summed E-state index contributed by atoms with van der Waals surface area (Å²) >= 11 is 3.17. The Kier molecular flexibility index (Phi) is 8.30. The molecule has 182 valence electrons. The van der Waals surface area contributed by atoms with Gasteiger partial charge in [-0.05, 0) is 55.2 Å². The molecule has 0 spiro atoms. The summed E-state index contributed by atoms with van der Waals surface area (Å²) in [6.07, 6.45) is -4.36. The highest BCUT2D eigenvalue weighted by atomic mass is 32.2. The van der Waals surface area contributed by atoms with Gasteiger partial charge >= 0.3 is 12.1 Å². The van der Waals surface area contributed by atoms with Gasteiger partial charge in [0.1, 0.15) is 10.8 Å². The van der Waals surface area contributed by atoms with Crippen LogP contribution in [0.5, 0.6) is 5.75 Å². The number of thioether (sulfide) groups is 1. The van der Waals surface area contributed by atoms with E-state index in [0.29, 0.717) is 22.1 Å². The number of alkyl halides is 3. The Morgan fingerprint density at radius 3 is 2.41 bits per heavy atom. The summed E-state index contributed by atoms with van der Waals surface area (Å²) in [5.41, 5.74) is 2.90. The highest BCUT2D eigenvalue weighted by Crippen LogP contribution is 2.39. The van der Waals surface area contributed by atoms with E-state index >= 15 is 0 Å². The van der Waals surface area contributed by atoms with E-state index in [9.17, 15) is 18.0 Å². The van der Waals surface area contributed by atoms with Gasteiger partial charge in [-0.15, -0.1) is 23.1 Å². The molecule has 0 radical (unpaired) electrons. The third-order valence-corrected chi connectivity index (χ3v) is 7.70. The van der Waals surface area contributed by atoms with Crippen LogP contribution >= 0.6 is 23.1 Å². The third-order valence-electron chi connectivity index (χ3n) is 5.21. The van der Waals surface area contributed by atoms with Crippen molar-refractivity contribution in [2.24, 2.45) is 0 Å². The molecule has 4 nitrogen and oxygen atoms in total. The minimum atomic E-state index is -4.36. The van der Waals surface area contributed by atoms with E-state index < -0.39 is 17.7 Å². The van der Waals surface area contributed by atoms with Gasteiger partial charge in [0.2, 0.25) is 0 Å². The molecule has 0 aliphatic heterocycles. The minimum absolute atomic E-state index is 0.145. The van der Waals surface area contributed by atoms with E-state index in [1.54, 1.807) is 11.8 Å². The minimum Gasteiger partial charge on any atom is -0.482 e. The third kappa shape index (κ3) is 6.33. The summed E-state index contributed by atoms with van der Waals surface area (Å²) in [4.78, 5) is 18.2. The molecule has 0 unspecified atom stereocenters. The number of halogens is 3. The van der Waals surface area contributed by atoms with Gasteiger partial charge in [-0.25, -0.2) is 9.78 Å². The predicted octanol–water partition coefficient (Wildman–Crippen LogP) is 7.41.